The lowest BCUT2D eigenvalue weighted by Gasteiger charge is -2.05. The second-order valence-corrected chi connectivity index (χ2v) is 6.08. The van der Waals surface area contributed by atoms with Crippen molar-refractivity contribution in [2.24, 2.45) is 0 Å². The van der Waals surface area contributed by atoms with Crippen molar-refractivity contribution in [1.29, 1.82) is 0 Å². The second-order valence-electron chi connectivity index (χ2n) is 4.60. The van der Waals surface area contributed by atoms with Gasteiger partial charge in [-0.3, -0.25) is 4.79 Å². The van der Waals surface area contributed by atoms with E-state index in [9.17, 15) is 4.79 Å². The first kappa shape index (κ1) is 18.3. The van der Waals surface area contributed by atoms with Crippen molar-refractivity contribution in [2.45, 2.75) is 52.4 Å². The molecule has 1 fully saturated rings. The van der Waals surface area contributed by atoms with Crippen LogP contribution in [0.5, 0.6) is 0 Å². The van der Waals surface area contributed by atoms with E-state index in [-0.39, 0.29) is 12.5 Å². The molecule has 1 heterocycles. The molecule has 16 heavy (non-hydrogen) atoms. The van der Waals surface area contributed by atoms with Crippen molar-refractivity contribution < 1.29 is 15.1 Å². The number of thioether (sulfide) groups is 1. The fraction of sp³-hybridized carbons (Fsp3) is 0.909. The van der Waals surface area contributed by atoms with Gasteiger partial charge in [-0.05, 0) is 27.2 Å². The smallest absolute Gasteiger partial charge is 0.186 e. The van der Waals surface area contributed by atoms with Crippen molar-refractivity contribution in [3.8, 4) is 0 Å². The second kappa shape index (κ2) is 8.06. The number of carbonyl (C=O) groups excluding carboxylic acids is 1. The van der Waals surface area contributed by atoms with Gasteiger partial charge in [-0.2, -0.15) is 5.06 Å². The van der Waals surface area contributed by atoms with E-state index in [1.807, 2.05) is 0 Å². The number of nitrogens with zero attached hydrogens (tertiary/aromatic N) is 1. The minimum absolute atomic E-state index is 0. The van der Waals surface area contributed by atoms with Crippen LogP contribution in [0.2, 0.25) is 0 Å². The Labute approximate surface area is 103 Å². The van der Waals surface area contributed by atoms with Crippen LogP contribution in [0.3, 0.4) is 0 Å². The summed E-state index contributed by atoms with van der Waals surface area (Å²) in [6.45, 7) is 8.12. The summed E-state index contributed by atoms with van der Waals surface area (Å²) in [6.07, 6.45) is 0.917. The van der Waals surface area contributed by atoms with Gasteiger partial charge in [-0.1, -0.05) is 19.2 Å². The molecule has 1 saturated heterocycles. The molecule has 0 saturated carbocycles. The number of hydrogen-bond donors (Lipinski definition) is 2. The zero-order chi connectivity index (χ0) is 12.1. The molecule has 1 rings (SSSR count). The number of hydroxylamine groups is 2. The highest BCUT2D eigenvalue weighted by atomic mass is 32.2. The Morgan fingerprint density at radius 2 is 1.88 bits per heavy atom. The van der Waals surface area contributed by atoms with Crippen LogP contribution in [0.4, 0.5) is 0 Å². The Bertz CT molecular complexity index is 198. The van der Waals surface area contributed by atoms with E-state index in [2.05, 4.69) is 0 Å². The number of hydrogen-bond acceptors (Lipinski definition) is 5. The third-order valence-electron chi connectivity index (χ3n) is 1.46. The van der Waals surface area contributed by atoms with Crippen molar-refractivity contribution in [1.82, 2.24) is 5.06 Å². The molecule has 0 spiro atoms. The zero-order valence-electron chi connectivity index (χ0n) is 9.86. The van der Waals surface area contributed by atoms with Crippen LogP contribution in [-0.2, 0) is 4.79 Å². The predicted molar refractivity (Wildman–Crippen MR) is 68.7 cm³/mol. The third kappa shape index (κ3) is 13.9. The molecule has 0 unspecified atom stereocenters. The van der Waals surface area contributed by atoms with Crippen LogP contribution in [0.1, 0.15) is 41.5 Å². The SMILES string of the molecule is C.CC(=O)S[C@H]1CCN(O)C1.CC(C)(C)O. The molecule has 0 aliphatic carbocycles. The molecular formula is C11H25NO3S. The van der Waals surface area contributed by atoms with Crippen LogP contribution in [0.25, 0.3) is 0 Å². The number of aliphatic hydroxyl groups is 1. The fourth-order valence-corrected chi connectivity index (χ4v) is 1.98. The summed E-state index contributed by atoms with van der Waals surface area (Å²) >= 11 is 1.33. The normalized spacial score (nSPS) is 20.8. The maximum Gasteiger partial charge on any atom is 0.186 e. The molecular weight excluding hydrogens is 226 g/mol. The number of rotatable bonds is 1. The molecule has 0 radical (unpaired) electrons. The first-order valence-corrected chi connectivity index (χ1v) is 5.90. The van der Waals surface area contributed by atoms with Gasteiger partial charge in [0, 0.05) is 25.3 Å². The molecule has 1 atom stereocenters. The minimum Gasteiger partial charge on any atom is -0.391 e. The Morgan fingerprint density at radius 1 is 1.44 bits per heavy atom. The predicted octanol–water partition coefficient (Wildman–Crippen LogP) is 2.14. The van der Waals surface area contributed by atoms with Gasteiger partial charge in [0.05, 0.1) is 5.60 Å². The molecule has 0 aromatic heterocycles. The molecule has 0 aromatic carbocycles. The van der Waals surface area contributed by atoms with E-state index in [0.29, 0.717) is 18.3 Å². The first-order chi connectivity index (χ1) is 6.68. The number of carbonyl (C=O) groups is 1. The maximum atomic E-state index is 10.6. The Balaban J connectivity index is 0. The molecule has 0 amide bonds. The average Bonchev–Trinajstić information content (AvgIpc) is 2.29. The van der Waals surface area contributed by atoms with Crippen LogP contribution in [0, 0.1) is 0 Å². The summed E-state index contributed by atoms with van der Waals surface area (Å²) in [5.74, 6) is 0. The first-order valence-electron chi connectivity index (χ1n) is 5.02. The molecule has 5 heteroatoms. The lowest BCUT2D eigenvalue weighted by molar-refractivity contribution is -0.109. The molecule has 2 N–H and O–H groups in total. The van der Waals surface area contributed by atoms with Gasteiger partial charge in [0.25, 0.3) is 0 Å². The Morgan fingerprint density at radius 3 is 2.12 bits per heavy atom. The van der Waals surface area contributed by atoms with Crippen molar-refractivity contribution in [3.05, 3.63) is 0 Å². The van der Waals surface area contributed by atoms with Crippen molar-refractivity contribution >= 4 is 16.9 Å². The van der Waals surface area contributed by atoms with E-state index >= 15 is 0 Å². The fourth-order valence-electron chi connectivity index (χ4n) is 1.04. The molecule has 1 aliphatic heterocycles. The summed E-state index contributed by atoms with van der Waals surface area (Å²) in [5, 5.41) is 19.2. The van der Waals surface area contributed by atoms with Crippen molar-refractivity contribution in [2.75, 3.05) is 13.1 Å². The topological polar surface area (TPSA) is 60.8 Å². The summed E-state index contributed by atoms with van der Waals surface area (Å²) in [4.78, 5) is 10.6. The Kier molecular flexibility index (Phi) is 9.20. The van der Waals surface area contributed by atoms with E-state index in [0.717, 1.165) is 6.42 Å². The highest BCUT2D eigenvalue weighted by Gasteiger charge is 2.22. The van der Waals surface area contributed by atoms with Gasteiger partial charge < -0.3 is 10.3 Å². The molecule has 98 valence electrons. The van der Waals surface area contributed by atoms with Crippen LogP contribution in [-0.4, -0.2) is 44.4 Å². The van der Waals surface area contributed by atoms with E-state index in [1.54, 1.807) is 27.7 Å². The molecule has 0 aromatic rings. The molecule has 0 bridgehead atoms. The van der Waals surface area contributed by atoms with Crippen LogP contribution >= 0.6 is 11.8 Å². The van der Waals surface area contributed by atoms with Gasteiger partial charge in [0.2, 0.25) is 0 Å². The van der Waals surface area contributed by atoms with Gasteiger partial charge in [-0.15, -0.1) is 0 Å². The largest absolute Gasteiger partial charge is 0.391 e. The van der Waals surface area contributed by atoms with E-state index < -0.39 is 5.60 Å². The summed E-state index contributed by atoms with van der Waals surface area (Å²) in [5.41, 5.74) is -0.500. The summed E-state index contributed by atoms with van der Waals surface area (Å²) in [7, 11) is 0. The van der Waals surface area contributed by atoms with Crippen LogP contribution in [0.15, 0.2) is 0 Å². The van der Waals surface area contributed by atoms with Crippen molar-refractivity contribution in [3.63, 3.8) is 0 Å². The highest BCUT2D eigenvalue weighted by molar-refractivity contribution is 8.14. The summed E-state index contributed by atoms with van der Waals surface area (Å²) < 4.78 is 0. The van der Waals surface area contributed by atoms with Gasteiger partial charge in [0.15, 0.2) is 5.12 Å². The minimum atomic E-state index is -0.500. The van der Waals surface area contributed by atoms with Gasteiger partial charge in [-0.25, -0.2) is 0 Å². The van der Waals surface area contributed by atoms with Crippen LogP contribution < -0.4 is 0 Å². The Hall–Kier alpha value is -0.100. The average molecular weight is 251 g/mol. The van der Waals surface area contributed by atoms with Gasteiger partial charge >= 0.3 is 0 Å². The third-order valence-corrected chi connectivity index (χ3v) is 2.51. The molecule has 4 nitrogen and oxygen atoms in total. The molecule has 1 aliphatic rings. The quantitative estimate of drug-likeness (QED) is 0.747. The monoisotopic (exact) mass is 251 g/mol. The maximum absolute atomic E-state index is 10.6. The highest BCUT2D eigenvalue weighted by Crippen LogP contribution is 2.21. The zero-order valence-corrected chi connectivity index (χ0v) is 10.7. The van der Waals surface area contributed by atoms with E-state index in [4.69, 9.17) is 10.3 Å². The lowest BCUT2D eigenvalue weighted by atomic mass is 10.2. The lowest BCUT2D eigenvalue weighted by Crippen LogP contribution is -2.16. The standard InChI is InChI=1S/C6H11NO2S.C4H10O.CH4/c1-5(8)10-6-2-3-7(9)4-6;1-4(2,3)5;/h6,9H,2-4H2,1H3;5H,1-3H3;1H4/t6-;;/m0../s1. The van der Waals surface area contributed by atoms with Gasteiger partial charge in [0.1, 0.15) is 0 Å². The summed E-state index contributed by atoms with van der Waals surface area (Å²) in [6, 6.07) is 0. The van der Waals surface area contributed by atoms with E-state index in [1.165, 1.54) is 16.8 Å².